The normalized spacial score (nSPS) is 17.7. The molecule has 0 bridgehead atoms. The molecule has 1 aromatic heterocycles. The molecule has 2 aromatic rings. The average molecular weight is 356 g/mol. The van der Waals surface area contributed by atoms with E-state index in [9.17, 15) is 4.79 Å². The molecule has 0 radical (unpaired) electrons. The Balaban J connectivity index is 1.54. The van der Waals surface area contributed by atoms with Crippen molar-refractivity contribution in [2.24, 2.45) is 4.99 Å². The van der Waals surface area contributed by atoms with Crippen LogP contribution in [0.4, 0.5) is 0 Å². The van der Waals surface area contributed by atoms with Gasteiger partial charge in [-0.3, -0.25) is 9.79 Å². The number of nitrogens with zero attached hydrogens (tertiary/aromatic N) is 2. The predicted molar refractivity (Wildman–Crippen MR) is 104 cm³/mol. The van der Waals surface area contributed by atoms with Gasteiger partial charge in [0.05, 0.1) is 0 Å². The van der Waals surface area contributed by atoms with Crippen LogP contribution in [0.5, 0.6) is 0 Å². The van der Waals surface area contributed by atoms with Crippen LogP contribution in [0, 0.1) is 0 Å². The topological polar surface area (TPSA) is 69.9 Å². The van der Waals surface area contributed by atoms with Crippen molar-refractivity contribution in [1.29, 1.82) is 0 Å². The monoisotopic (exact) mass is 356 g/mol. The highest BCUT2D eigenvalue weighted by molar-refractivity contribution is 5.81. The first-order valence-corrected chi connectivity index (χ1v) is 9.49. The van der Waals surface area contributed by atoms with Crippen LogP contribution in [0.15, 0.2) is 39.7 Å². The molecule has 2 heterocycles. The van der Waals surface area contributed by atoms with Crippen LogP contribution in [0.1, 0.15) is 32.4 Å². The zero-order chi connectivity index (χ0) is 18.4. The summed E-state index contributed by atoms with van der Waals surface area (Å²) in [5.74, 6) is 1.98. The summed E-state index contributed by atoms with van der Waals surface area (Å²) in [5.41, 5.74) is 0.920. The van der Waals surface area contributed by atoms with Gasteiger partial charge in [0.15, 0.2) is 5.96 Å². The molecule has 1 aliphatic rings. The molecule has 1 aliphatic heterocycles. The van der Waals surface area contributed by atoms with Gasteiger partial charge in [0.25, 0.3) is 0 Å². The van der Waals surface area contributed by atoms with Crippen LogP contribution in [-0.4, -0.2) is 49.0 Å². The van der Waals surface area contributed by atoms with E-state index in [1.165, 1.54) is 0 Å². The number of likely N-dealkylation sites (tertiary alicyclic amines) is 1. The van der Waals surface area contributed by atoms with Crippen LogP contribution < -0.4 is 10.6 Å². The third-order valence-corrected chi connectivity index (χ3v) is 4.63. The van der Waals surface area contributed by atoms with Gasteiger partial charge in [0, 0.05) is 50.4 Å². The highest BCUT2D eigenvalue weighted by Gasteiger charge is 2.25. The highest BCUT2D eigenvalue weighted by Crippen LogP contribution is 2.19. The molecule has 0 spiro atoms. The molecular formula is C20H28N4O2. The fourth-order valence-electron chi connectivity index (χ4n) is 3.28. The van der Waals surface area contributed by atoms with E-state index in [0.29, 0.717) is 13.0 Å². The molecule has 1 saturated heterocycles. The van der Waals surface area contributed by atoms with Gasteiger partial charge in [-0.25, -0.2) is 0 Å². The molecule has 6 heteroatoms. The quantitative estimate of drug-likeness (QED) is 0.616. The minimum atomic E-state index is 0.223. The summed E-state index contributed by atoms with van der Waals surface area (Å²) >= 11 is 0. The van der Waals surface area contributed by atoms with Gasteiger partial charge < -0.3 is 20.0 Å². The summed E-state index contributed by atoms with van der Waals surface area (Å²) in [4.78, 5) is 18.4. The first-order valence-electron chi connectivity index (χ1n) is 9.49. The van der Waals surface area contributed by atoms with Crippen molar-refractivity contribution in [3.05, 3.63) is 36.1 Å². The summed E-state index contributed by atoms with van der Waals surface area (Å²) in [6.45, 7) is 6.99. The Kier molecular flexibility index (Phi) is 6.15. The van der Waals surface area contributed by atoms with Crippen molar-refractivity contribution < 1.29 is 9.21 Å². The third-order valence-electron chi connectivity index (χ3n) is 4.63. The standard InChI is InChI=1S/C20H28N4O2/c1-3-19(25)24-12-10-16(14-24)23-20(21-4-2)22-11-9-17-13-15-7-5-6-8-18(15)26-17/h5-8,13,16H,3-4,9-12,14H2,1-2H3,(H2,21,22,23). The molecule has 1 aromatic carbocycles. The van der Waals surface area contributed by atoms with E-state index >= 15 is 0 Å². The van der Waals surface area contributed by atoms with E-state index < -0.39 is 0 Å². The number of benzene rings is 1. The van der Waals surface area contributed by atoms with E-state index in [-0.39, 0.29) is 11.9 Å². The number of rotatable bonds is 6. The van der Waals surface area contributed by atoms with Crippen molar-refractivity contribution in [2.75, 3.05) is 26.2 Å². The average Bonchev–Trinajstić information content (AvgIpc) is 3.27. The SMILES string of the molecule is CCNC(=NCCc1cc2ccccc2o1)NC1CCN(C(=O)CC)C1. The zero-order valence-electron chi connectivity index (χ0n) is 15.6. The van der Waals surface area contributed by atoms with Gasteiger partial charge in [0.2, 0.25) is 5.91 Å². The van der Waals surface area contributed by atoms with Gasteiger partial charge in [0.1, 0.15) is 11.3 Å². The molecule has 1 amide bonds. The minimum Gasteiger partial charge on any atom is -0.461 e. The first kappa shape index (κ1) is 18.3. The number of hydrogen-bond donors (Lipinski definition) is 2. The number of amides is 1. The Morgan fingerprint density at radius 1 is 1.35 bits per heavy atom. The van der Waals surface area contributed by atoms with Crippen molar-refractivity contribution in [3.63, 3.8) is 0 Å². The van der Waals surface area contributed by atoms with Crippen LogP contribution in [0.25, 0.3) is 11.0 Å². The Bertz CT molecular complexity index is 735. The second-order valence-corrected chi connectivity index (χ2v) is 6.58. The maximum atomic E-state index is 11.8. The summed E-state index contributed by atoms with van der Waals surface area (Å²) in [6.07, 6.45) is 2.29. The van der Waals surface area contributed by atoms with Gasteiger partial charge in [-0.05, 0) is 25.5 Å². The molecule has 140 valence electrons. The highest BCUT2D eigenvalue weighted by atomic mass is 16.3. The predicted octanol–water partition coefficient (Wildman–Crippen LogP) is 2.54. The van der Waals surface area contributed by atoms with E-state index in [2.05, 4.69) is 34.7 Å². The number of guanidine groups is 1. The number of para-hydroxylation sites is 1. The van der Waals surface area contributed by atoms with E-state index in [4.69, 9.17) is 4.42 Å². The summed E-state index contributed by atoms with van der Waals surface area (Å²) < 4.78 is 5.84. The number of fused-ring (bicyclic) bond motifs is 1. The summed E-state index contributed by atoms with van der Waals surface area (Å²) in [6, 6.07) is 10.4. The Morgan fingerprint density at radius 2 is 2.19 bits per heavy atom. The van der Waals surface area contributed by atoms with E-state index in [1.54, 1.807) is 0 Å². The van der Waals surface area contributed by atoms with Crippen LogP contribution in [0.2, 0.25) is 0 Å². The number of aliphatic imine (C=N–C) groups is 1. The van der Waals surface area contributed by atoms with Crippen molar-refractivity contribution in [1.82, 2.24) is 15.5 Å². The van der Waals surface area contributed by atoms with E-state index in [0.717, 1.165) is 55.2 Å². The second kappa shape index (κ2) is 8.74. The van der Waals surface area contributed by atoms with Crippen molar-refractivity contribution >= 4 is 22.8 Å². The molecular weight excluding hydrogens is 328 g/mol. The maximum absolute atomic E-state index is 11.8. The lowest BCUT2D eigenvalue weighted by Gasteiger charge is -2.18. The molecule has 1 unspecified atom stereocenters. The molecule has 2 N–H and O–H groups in total. The Morgan fingerprint density at radius 3 is 2.96 bits per heavy atom. The lowest BCUT2D eigenvalue weighted by Crippen LogP contribution is -2.45. The molecule has 1 atom stereocenters. The van der Waals surface area contributed by atoms with Gasteiger partial charge in [-0.1, -0.05) is 25.1 Å². The van der Waals surface area contributed by atoms with Crippen LogP contribution in [0.3, 0.4) is 0 Å². The lowest BCUT2D eigenvalue weighted by molar-refractivity contribution is -0.129. The zero-order valence-corrected chi connectivity index (χ0v) is 15.6. The van der Waals surface area contributed by atoms with Gasteiger partial charge in [-0.2, -0.15) is 0 Å². The van der Waals surface area contributed by atoms with Gasteiger partial charge >= 0.3 is 0 Å². The third kappa shape index (κ3) is 4.56. The molecule has 26 heavy (non-hydrogen) atoms. The Hall–Kier alpha value is -2.50. The first-order chi connectivity index (χ1) is 12.7. The van der Waals surface area contributed by atoms with Crippen molar-refractivity contribution in [3.8, 4) is 0 Å². The fraction of sp³-hybridized carbons (Fsp3) is 0.500. The van der Waals surface area contributed by atoms with Crippen LogP contribution >= 0.6 is 0 Å². The molecule has 6 nitrogen and oxygen atoms in total. The second-order valence-electron chi connectivity index (χ2n) is 6.58. The molecule has 0 aliphatic carbocycles. The smallest absolute Gasteiger partial charge is 0.222 e. The molecule has 0 saturated carbocycles. The number of carbonyl (C=O) groups is 1. The fourth-order valence-corrected chi connectivity index (χ4v) is 3.28. The Labute approximate surface area is 154 Å². The number of carbonyl (C=O) groups excluding carboxylic acids is 1. The number of furan rings is 1. The lowest BCUT2D eigenvalue weighted by atomic mass is 10.2. The van der Waals surface area contributed by atoms with Crippen LogP contribution in [-0.2, 0) is 11.2 Å². The van der Waals surface area contributed by atoms with Crippen molar-refractivity contribution in [2.45, 2.75) is 39.2 Å². The van der Waals surface area contributed by atoms with E-state index in [1.807, 2.05) is 30.0 Å². The maximum Gasteiger partial charge on any atom is 0.222 e. The summed E-state index contributed by atoms with van der Waals surface area (Å²) in [7, 11) is 0. The minimum absolute atomic E-state index is 0.223. The molecule has 3 rings (SSSR count). The largest absolute Gasteiger partial charge is 0.461 e. The summed E-state index contributed by atoms with van der Waals surface area (Å²) in [5, 5.41) is 7.87. The van der Waals surface area contributed by atoms with Gasteiger partial charge in [-0.15, -0.1) is 0 Å². The number of nitrogens with one attached hydrogen (secondary N) is 2. The number of hydrogen-bond acceptors (Lipinski definition) is 3. The molecule has 1 fully saturated rings.